The lowest BCUT2D eigenvalue weighted by Crippen LogP contribution is -2.29. The summed E-state index contributed by atoms with van der Waals surface area (Å²) in [5.41, 5.74) is 0.940. The largest absolute Gasteiger partial charge is 0.476 e. The van der Waals surface area contributed by atoms with E-state index < -0.39 is 5.97 Å². The minimum absolute atomic E-state index is 0.174. The van der Waals surface area contributed by atoms with Crippen LogP contribution in [0.15, 0.2) is 18.3 Å². The smallest absolute Gasteiger partial charge is 0.356 e. The van der Waals surface area contributed by atoms with Gasteiger partial charge in [-0.2, -0.15) is 0 Å². The van der Waals surface area contributed by atoms with Gasteiger partial charge in [0.25, 0.3) is 0 Å². The lowest BCUT2D eigenvalue weighted by molar-refractivity contribution is 0.0691. The molecule has 2 rings (SSSR count). The number of hydrogen-bond acceptors (Lipinski definition) is 3. The molecular weight excluding hydrogens is 216 g/mol. The van der Waals surface area contributed by atoms with E-state index in [9.17, 15) is 4.79 Å². The van der Waals surface area contributed by atoms with Gasteiger partial charge in [-0.3, -0.25) is 0 Å². The summed E-state index contributed by atoms with van der Waals surface area (Å²) in [5.74, 6) is -0.942. The van der Waals surface area contributed by atoms with Crippen molar-refractivity contribution in [3.8, 4) is 0 Å². The first-order valence-corrected chi connectivity index (χ1v) is 6.22. The molecule has 0 aliphatic carbocycles. The van der Waals surface area contributed by atoms with E-state index in [1.165, 1.54) is 25.5 Å². The van der Waals surface area contributed by atoms with Crippen molar-refractivity contribution < 1.29 is 9.90 Å². The van der Waals surface area contributed by atoms with E-state index in [4.69, 9.17) is 5.11 Å². The second-order valence-electron chi connectivity index (χ2n) is 4.43. The molecule has 0 saturated carbocycles. The van der Waals surface area contributed by atoms with Crippen LogP contribution in [0.4, 0.5) is 5.69 Å². The normalized spacial score (nSPS) is 17.3. The van der Waals surface area contributed by atoms with Gasteiger partial charge in [0.2, 0.25) is 0 Å². The number of anilines is 1. The summed E-state index contributed by atoms with van der Waals surface area (Å²) < 4.78 is 0. The lowest BCUT2D eigenvalue weighted by atomic mass is 10.1. The minimum Gasteiger partial charge on any atom is -0.476 e. The number of pyridine rings is 1. The van der Waals surface area contributed by atoms with E-state index in [1.54, 1.807) is 6.07 Å². The Morgan fingerprint density at radius 1 is 1.18 bits per heavy atom. The molecule has 4 heteroatoms. The van der Waals surface area contributed by atoms with Crippen LogP contribution in [0.1, 0.15) is 42.6 Å². The molecule has 1 N–H and O–H groups in total. The van der Waals surface area contributed by atoms with Crippen LogP contribution in [-0.2, 0) is 0 Å². The highest BCUT2D eigenvalue weighted by molar-refractivity contribution is 5.92. The van der Waals surface area contributed by atoms with Gasteiger partial charge in [0, 0.05) is 19.3 Å². The van der Waals surface area contributed by atoms with E-state index in [0.29, 0.717) is 0 Å². The van der Waals surface area contributed by atoms with Crippen molar-refractivity contribution >= 4 is 11.7 Å². The standard InChI is InChI=1S/C13H18N2O2/c16-13(17)12-11(7-6-8-14-12)15-9-4-2-1-3-5-10-15/h6-8H,1-5,9-10H2,(H,16,17). The molecule has 1 aromatic heterocycles. The molecule has 17 heavy (non-hydrogen) atoms. The number of carbonyl (C=O) groups is 1. The fourth-order valence-electron chi connectivity index (χ4n) is 2.31. The highest BCUT2D eigenvalue weighted by Crippen LogP contribution is 2.21. The molecule has 0 radical (unpaired) electrons. The molecule has 0 unspecified atom stereocenters. The van der Waals surface area contributed by atoms with Crippen LogP contribution in [0.3, 0.4) is 0 Å². The molecule has 1 saturated heterocycles. The highest BCUT2D eigenvalue weighted by atomic mass is 16.4. The van der Waals surface area contributed by atoms with Crippen molar-refractivity contribution in [3.63, 3.8) is 0 Å². The lowest BCUT2D eigenvalue weighted by Gasteiger charge is -2.27. The van der Waals surface area contributed by atoms with Crippen LogP contribution in [0.25, 0.3) is 0 Å². The predicted molar refractivity (Wildman–Crippen MR) is 66.5 cm³/mol. The highest BCUT2D eigenvalue weighted by Gasteiger charge is 2.17. The predicted octanol–water partition coefficient (Wildman–Crippen LogP) is 2.55. The summed E-state index contributed by atoms with van der Waals surface area (Å²) in [6.45, 7) is 1.87. The zero-order valence-corrected chi connectivity index (χ0v) is 9.93. The molecule has 0 aromatic carbocycles. The maximum Gasteiger partial charge on any atom is 0.356 e. The Labute approximate surface area is 101 Å². The number of aromatic carboxylic acids is 1. The number of nitrogens with zero attached hydrogens (tertiary/aromatic N) is 2. The van der Waals surface area contributed by atoms with Crippen LogP contribution in [-0.4, -0.2) is 29.1 Å². The fourth-order valence-corrected chi connectivity index (χ4v) is 2.31. The van der Waals surface area contributed by atoms with Gasteiger partial charge in [-0.25, -0.2) is 9.78 Å². The summed E-state index contributed by atoms with van der Waals surface area (Å²) in [5, 5.41) is 9.13. The van der Waals surface area contributed by atoms with Crippen molar-refractivity contribution in [1.29, 1.82) is 0 Å². The maximum absolute atomic E-state index is 11.1. The number of carboxylic acid groups (broad SMARTS) is 1. The van der Waals surface area contributed by atoms with Gasteiger partial charge >= 0.3 is 5.97 Å². The van der Waals surface area contributed by atoms with Crippen molar-refractivity contribution in [2.75, 3.05) is 18.0 Å². The molecule has 1 aromatic rings. The zero-order chi connectivity index (χ0) is 12.1. The Morgan fingerprint density at radius 2 is 1.82 bits per heavy atom. The molecule has 4 nitrogen and oxygen atoms in total. The van der Waals surface area contributed by atoms with Gasteiger partial charge < -0.3 is 10.0 Å². The molecule has 0 spiro atoms. The molecule has 92 valence electrons. The second kappa shape index (κ2) is 5.66. The first-order chi connectivity index (χ1) is 8.29. The van der Waals surface area contributed by atoms with Crippen LogP contribution in [0.5, 0.6) is 0 Å². The van der Waals surface area contributed by atoms with Gasteiger partial charge in [-0.1, -0.05) is 19.3 Å². The van der Waals surface area contributed by atoms with Crippen LogP contribution in [0.2, 0.25) is 0 Å². The van der Waals surface area contributed by atoms with E-state index in [-0.39, 0.29) is 5.69 Å². The number of hydrogen-bond donors (Lipinski definition) is 1. The molecule has 0 atom stereocenters. The van der Waals surface area contributed by atoms with Crippen LogP contribution >= 0.6 is 0 Å². The van der Waals surface area contributed by atoms with Crippen molar-refractivity contribution in [1.82, 2.24) is 4.98 Å². The van der Waals surface area contributed by atoms with E-state index >= 15 is 0 Å². The van der Waals surface area contributed by atoms with E-state index in [2.05, 4.69) is 9.88 Å². The summed E-state index contributed by atoms with van der Waals surface area (Å²) in [6, 6.07) is 3.67. The molecule has 1 aliphatic heterocycles. The SMILES string of the molecule is O=C(O)c1ncccc1N1CCCCCCC1. The maximum atomic E-state index is 11.1. The van der Waals surface area contributed by atoms with Gasteiger partial charge in [0.05, 0.1) is 5.69 Å². The summed E-state index contributed by atoms with van der Waals surface area (Å²) >= 11 is 0. The van der Waals surface area contributed by atoms with Gasteiger partial charge in [-0.15, -0.1) is 0 Å². The van der Waals surface area contributed by atoms with Crippen molar-refractivity contribution in [2.45, 2.75) is 32.1 Å². The number of carboxylic acids is 1. The topological polar surface area (TPSA) is 53.4 Å². The summed E-state index contributed by atoms with van der Waals surface area (Å²) in [4.78, 5) is 17.3. The number of rotatable bonds is 2. The molecular formula is C13H18N2O2. The molecule has 1 fully saturated rings. The molecule has 2 heterocycles. The second-order valence-corrected chi connectivity index (χ2v) is 4.43. The van der Waals surface area contributed by atoms with E-state index in [0.717, 1.165) is 31.6 Å². The first kappa shape index (κ1) is 11.9. The summed E-state index contributed by atoms with van der Waals surface area (Å²) in [6.07, 6.45) is 7.57. The van der Waals surface area contributed by atoms with Gasteiger partial charge in [0.15, 0.2) is 5.69 Å². The minimum atomic E-state index is -0.942. The van der Waals surface area contributed by atoms with E-state index in [1.807, 2.05) is 6.07 Å². The molecule has 0 bridgehead atoms. The first-order valence-electron chi connectivity index (χ1n) is 6.22. The van der Waals surface area contributed by atoms with Crippen LogP contribution in [0, 0.1) is 0 Å². The van der Waals surface area contributed by atoms with Crippen molar-refractivity contribution in [2.24, 2.45) is 0 Å². The third kappa shape index (κ3) is 2.96. The summed E-state index contributed by atoms with van der Waals surface area (Å²) in [7, 11) is 0. The Kier molecular flexibility index (Phi) is 3.96. The monoisotopic (exact) mass is 234 g/mol. The molecule has 0 amide bonds. The van der Waals surface area contributed by atoms with Crippen molar-refractivity contribution in [3.05, 3.63) is 24.0 Å². The Morgan fingerprint density at radius 3 is 2.47 bits per heavy atom. The van der Waals surface area contributed by atoms with Crippen LogP contribution < -0.4 is 4.90 Å². The Balaban J connectivity index is 2.21. The average molecular weight is 234 g/mol. The average Bonchev–Trinajstić information content (AvgIpc) is 2.28. The van der Waals surface area contributed by atoms with Gasteiger partial charge in [-0.05, 0) is 25.0 Å². The third-order valence-electron chi connectivity index (χ3n) is 3.19. The Bertz CT molecular complexity index is 385. The van der Waals surface area contributed by atoms with Gasteiger partial charge in [0.1, 0.15) is 0 Å². The Hall–Kier alpha value is -1.58. The molecule has 1 aliphatic rings. The quantitative estimate of drug-likeness (QED) is 0.854. The third-order valence-corrected chi connectivity index (χ3v) is 3.19. The fraction of sp³-hybridized carbons (Fsp3) is 0.538. The number of aromatic nitrogens is 1. The zero-order valence-electron chi connectivity index (χ0n) is 9.93.